The van der Waals surface area contributed by atoms with Gasteiger partial charge in [-0.25, -0.2) is 4.39 Å². The lowest BCUT2D eigenvalue weighted by atomic mass is 9.91. The predicted octanol–water partition coefficient (Wildman–Crippen LogP) is 4.26. The van der Waals surface area contributed by atoms with Gasteiger partial charge in [-0.2, -0.15) is 0 Å². The summed E-state index contributed by atoms with van der Waals surface area (Å²) in [5.74, 6) is 0.140. The Bertz CT molecular complexity index is 583. The van der Waals surface area contributed by atoms with E-state index in [9.17, 15) is 4.39 Å². The fourth-order valence-corrected chi connectivity index (χ4v) is 2.90. The molecule has 3 heteroatoms. The maximum Gasteiger partial charge on any atom is 0.124 e. The molecule has 0 heterocycles. The molecule has 0 aliphatic heterocycles. The van der Waals surface area contributed by atoms with E-state index in [1.54, 1.807) is 0 Å². The van der Waals surface area contributed by atoms with Gasteiger partial charge in [-0.05, 0) is 61.1 Å². The molecule has 0 bridgehead atoms. The van der Waals surface area contributed by atoms with Crippen molar-refractivity contribution in [3.05, 3.63) is 69.4 Å². The van der Waals surface area contributed by atoms with Crippen molar-refractivity contribution in [3.8, 4) is 0 Å². The molecule has 2 rings (SSSR count). The zero-order chi connectivity index (χ0) is 14.5. The summed E-state index contributed by atoms with van der Waals surface area (Å²) in [6, 6.07) is 13.2. The van der Waals surface area contributed by atoms with Crippen LogP contribution in [0.5, 0.6) is 0 Å². The highest BCUT2D eigenvalue weighted by Crippen LogP contribution is 2.23. The van der Waals surface area contributed by atoms with E-state index in [1.165, 1.54) is 23.3 Å². The lowest BCUT2D eigenvalue weighted by Gasteiger charge is -2.17. The van der Waals surface area contributed by atoms with Crippen molar-refractivity contribution < 1.29 is 4.39 Å². The summed E-state index contributed by atoms with van der Waals surface area (Å²) >= 11 is 3.42. The number of rotatable bonds is 5. The van der Waals surface area contributed by atoms with E-state index in [4.69, 9.17) is 5.73 Å². The van der Waals surface area contributed by atoms with E-state index >= 15 is 0 Å². The van der Waals surface area contributed by atoms with Crippen LogP contribution >= 0.6 is 15.9 Å². The van der Waals surface area contributed by atoms with Crippen molar-refractivity contribution >= 4 is 15.9 Å². The molecule has 1 nitrogen and oxygen atoms in total. The zero-order valence-corrected chi connectivity index (χ0v) is 13.2. The highest BCUT2D eigenvalue weighted by Gasteiger charge is 2.12. The largest absolute Gasteiger partial charge is 0.330 e. The molecule has 0 aliphatic rings. The Hall–Kier alpha value is -1.19. The Morgan fingerprint density at radius 3 is 2.45 bits per heavy atom. The van der Waals surface area contributed by atoms with Gasteiger partial charge in [0.15, 0.2) is 0 Å². The van der Waals surface area contributed by atoms with Gasteiger partial charge in [0.25, 0.3) is 0 Å². The van der Waals surface area contributed by atoms with Gasteiger partial charge in [0.1, 0.15) is 5.82 Å². The van der Waals surface area contributed by atoms with Gasteiger partial charge in [0.2, 0.25) is 0 Å². The monoisotopic (exact) mass is 335 g/mol. The van der Waals surface area contributed by atoms with Gasteiger partial charge in [-0.1, -0.05) is 46.3 Å². The fraction of sp³-hybridized carbons (Fsp3) is 0.294. The van der Waals surface area contributed by atoms with Crippen LogP contribution in [0.15, 0.2) is 46.9 Å². The summed E-state index contributed by atoms with van der Waals surface area (Å²) < 4.78 is 13.9. The summed E-state index contributed by atoms with van der Waals surface area (Å²) in [7, 11) is 0. The van der Waals surface area contributed by atoms with Gasteiger partial charge in [0.05, 0.1) is 0 Å². The van der Waals surface area contributed by atoms with Gasteiger partial charge < -0.3 is 5.73 Å². The minimum atomic E-state index is -0.219. The number of benzene rings is 2. The van der Waals surface area contributed by atoms with Gasteiger partial charge in [-0.15, -0.1) is 0 Å². The second kappa shape index (κ2) is 7.00. The van der Waals surface area contributed by atoms with E-state index in [1.807, 2.05) is 12.1 Å². The Balaban J connectivity index is 2.11. The first kappa shape index (κ1) is 15.2. The van der Waals surface area contributed by atoms with Crippen molar-refractivity contribution in [2.24, 2.45) is 11.7 Å². The molecule has 2 aromatic carbocycles. The Kier molecular flexibility index (Phi) is 5.32. The first-order valence-electron chi connectivity index (χ1n) is 6.78. The summed E-state index contributed by atoms with van der Waals surface area (Å²) in [4.78, 5) is 0. The van der Waals surface area contributed by atoms with Crippen LogP contribution in [0.25, 0.3) is 0 Å². The second-order valence-corrected chi connectivity index (χ2v) is 6.03. The SMILES string of the molecule is Cc1ccccc1CC(CN)Cc1ccc(F)cc1Br. The average Bonchev–Trinajstić information content (AvgIpc) is 2.43. The quantitative estimate of drug-likeness (QED) is 0.868. The van der Waals surface area contributed by atoms with E-state index < -0.39 is 0 Å². The Labute approximate surface area is 128 Å². The molecule has 2 N–H and O–H groups in total. The van der Waals surface area contributed by atoms with Crippen LogP contribution in [0.4, 0.5) is 4.39 Å². The van der Waals surface area contributed by atoms with Crippen LogP contribution in [-0.2, 0) is 12.8 Å². The maximum absolute atomic E-state index is 13.1. The number of aryl methyl sites for hydroxylation is 1. The van der Waals surface area contributed by atoms with Crippen molar-refractivity contribution in [2.75, 3.05) is 6.54 Å². The highest BCUT2D eigenvalue weighted by atomic mass is 79.9. The molecular formula is C17H19BrFN. The fourth-order valence-electron chi connectivity index (χ4n) is 2.39. The summed E-state index contributed by atoms with van der Waals surface area (Å²) in [6.07, 6.45) is 1.80. The third-order valence-corrected chi connectivity index (χ3v) is 4.37. The lowest BCUT2D eigenvalue weighted by molar-refractivity contribution is 0.530. The zero-order valence-electron chi connectivity index (χ0n) is 11.6. The predicted molar refractivity (Wildman–Crippen MR) is 85.2 cm³/mol. The Morgan fingerprint density at radius 1 is 1.10 bits per heavy atom. The summed E-state index contributed by atoms with van der Waals surface area (Å²) in [6.45, 7) is 2.74. The molecule has 2 aromatic rings. The molecule has 1 atom stereocenters. The highest BCUT2D eigenvalue weighted by molar-refractivity contribution is 9.10. The third-order valence-electron chi connectivity index (χ3n) is 3.63. The smallest absolute Gasteiger partial charge is 0.124 e. The molecular weight excluding hydrogens is 317 g/mol. The average molecular weight is 336 g/mol. The number of nitrogens with two attached hydrogens (primary N) is 1. The molecule has 106 valence electrons. The van der Waals surface area contributed by atoms with Gasteiger partial charge in [0, 0.05) is 4.47 Å². The molecule has 0 spiro atoms. The van der Waals surface area contributed by atoms with Crippen molar-refractivity contribution in [2.45, 2.75) is 19.8 Å². The van der Waals surface area contributed by atoms with Gasteiger partial charge in [-0.3, -0.25) is 0 Å². The van der Waals surface area contributed by atoms with Crippen LogP contribution in [0.3, 0.4) is 0 Å². The maximum atomic E-state index is 13.1. The topological polar surface area (TPSA) is 26.0 Å². The molecule has 0 saturated carbocycles. The van der Waals surface area contributed by atoms with E-state index in [0.717, 1.165) is 22.9 Å². The first-order chi connectivity index (χ1) is 9.60. The molecule has 0 aliphatic carbocycles. The molecule has 0 aromatic heterocycles. The van der Waals surface area contributed by atoms with E-state index in [-0.39, 0.29) is 5.82 Å². The number of hydrogen-bond acceptors (Lipinski definition) is 1. The molecule has 0 saturated heterocycles. The normalized spacial score (nSPS) is 12.4. The van der Waals surface area contributed by atoms with Gasteiger partial charge >= 0.3 is 0 Å². The second-order valence-electron chi connectivity index (χ2n) is 5.17. The lowest BCUT2D eigenvalue weighted by Crippen LogP contribution is -2.20. The van der Waals surface area contributed by atoms with Crippen molar-refractivity contribution in [1.29, 1.82) is 0 Å². The van der Waals surface area contributed by atoms with Crippen LogP contribution in [0, 0.1) is 18.7 Å². The van der Waals surface area contributed by atoms with Crippen molar-refractivity contribution in [3.63, 3.8) is 0 Å². The van der Waals surface area contributed by atoms with Crippen LogP contribution < -0.4 is 5.73 Å². The molecule has 0 amide bonds. The molecule has 0 radical (unpaired) electrons. The third kappa shape index (κ3) is 3.90. The molecule has 0 fully saturated rings. The van der Waals surface area contributed by atoms with Crippen molar-refractivity contribution in [1.82, 2.24) is 0 Å². The molecule has 1 unspecified atom stereocenters. The molecule has 20 heavy (non-hydrogen) atoms. The number of halogens is 2. The minimum absolute atomic E-state index is 0.219. The van der Waals surface area contributed by atoms with E-state index in [0.29, 0.717) is 12.5 Å². The first-order valence-corrected chi connectivity index (χ1v) is 7.58. The van der Waals surface area contributed by atoms with Crippen LogP contribution in [0.2, 0.25) is 0 Å². The summed E-state index contributed by atoms with van der Waals surface area (Å²) in [5.41, 5.74) is 9.65. The number of hydrogen-bond donors (Lipinski definition) is 1. The van der Waals surface area contributed by atoms with Crippen LogP contribution in [0.1, 0.15) is 16.7 Å². The van der Waals surface area contributed by atoms with Crippen LogP contribution in [-0.4, -0.2) is 6.54 Å². The summed E-state index contributed by atoms with van der Waals surface area (Å²) in [5, 5.41) is 0. The Morgan fingerprint density at radius 2 is 1.80 bits per heavy atom. The minimum Gasteiger partial charge on any atom is -0.330 e. The van der Waals surface area contributed by atoms with E-state index in [2.05, 4.69) is 41.1 Å². The standard InChI is InChI=1S/C17H19BrFN/c1-12-4-2-3-5-14(12)8-13(11-20)9-15-6-7-16(19)10-17(15)18/h2-7,10,13H,8-9,11,20H2,1H3.